The van der Waals surface area contributed by atoms with Gasteiger partial charge in [0.2, 0.25) is 11.8 Å². The molecule has 0 saturated carbocycles. The second kappa shape index (κ2) is 10.1. The Kier molecular flexibility index (Phi) is 7.30. The van der Waals surface area contributed by atoms with Crippen LogP contribution < -0.4 is 15.4 Å². The predicted molar refractivity (Wildman–Crippen MR) is 117 cm³/mol. The molecule has 0 radical (unpaired) electrons. The third-order valence-corrected chi connectivity index (χ3v) is 5.63. The number of amides is 2. The zero-order valence-electron chi connectivity index (χ0n) is 17.4. The molecule has 1 atom stereocenters. The molecule has 2 amide bonds. The third-order valence-electron chi connectivity index (χ3n) is 4.48. The quantitative estimate of drug-likeness (QED) is 0.552. The van der Waals surface area contributed by atoms with Crippen molar-refractivity contribution in [1.82, 2.24) is 14.9 Å². The monoisotopic (exact) mass is 442 g/mol. The highest BCUT2D eigenvalue weighted by molar-refractivity contribution is 7.99. The van der Waals surface area contributed by atoms with Gasteiger partial charge in [0.1, 0.15) is 11.6 Å². The van der Waals surface area contributed by atoms with Gasteiger partial charge in [0.05, 0.1) is 25.3 Å². The summed E-state index contributed by atoms with van der Waals surface area (Å²) in [6.45, 7) is 1.39. The first-order valence-electron chi connectivity index (χ1n) is 9.51. The molecule has 1 aromatic heterocycles. The van der Waals surface area contributed by atoms with Crippen molar-refractivity contribution in [3.05, 3.63) is 66.2 Å². The Balaban J connectivity index is 1.77. The average Bonchev–Trinajstić information content (AvgIpc) is 3.13. The Morgan fingerprint density at radius 3 is 2.58 bits per heavy atom. The van der Waals surface area contributed by atoms with Gasteiger partial charge in [0.15, 0.2) is 5.16 Å². The topological polar surface area (TPSA) is 85.2 Å². The molecule has 0 saturated heterocycles. The Hall–Kier alpha value is -3.33. The van der Waals surface area contributed by atoms with Crippen LogP contribution in [0.5, 0.6) is 5.75 Å². The lowest BCUT2D eigenvalue weighted by molar-refractivity contribution is -0.120. The fourth-order valence-electron chi connectivity index (χ4n) is 2.96. The molecular weight excluding hydrogens is 419 g/mol. The summed E-state index contributed by atoms with van der Waals surface area (Å²) in [6, 6.07) is 10.8. The number of carbonyl (C=O) groups excluding carboxylic acids is 2. The van der Waals surface area contributed by atoms with Crippen LogP contribution in [0, 0.1) is 5.82 Å². The number of nitrogens with one attached hydrogen (secondary N) is 2. The number of benzene rings is 2. The number of anilines is 1. The highest BCUT2D eigenvalue weighted by atomic mass is 32.2. The first-order chi connectivity index (χ1) is 14.9. The molecule has 0 fully saturated rings. The van der Waals surface area contributed by atoms with Crippen molar-refractivity contribution in [3.63, 3.8) is 0 Å². The number of ether oxygens (including phenoxy) is 1. The number of aromatic nitrogens is 2. The van der Waals surface area contributed by atoms with Crippen LogP contribution in [0.4, 0.5) is 10.1 Å². The molecule has 1 unspecified atom stereocenters. The predicted octanol–water partition coefficient (Wildman–Crippen LogP) is 3.93. The van der Waals surface area contributed by atoms with Crippen LogP contribution in [0.25, 0.3) is 0 Å². The minimum atomic E-state index is -0.539. The minimum absolute atomic E-state index is 0.0189. The zero-order valence-corrected chi connectivity index (χ0v) is 18.2. The van der Waals surface area contributed by atoms with E-state index in [0.717, 1.165) is 5.56 Å². The molecule has 0 aliphatic rings. The van der Waals surface area contributed by atoms with E-state index < -0.39 is 11.9 Å². The van der Waals surface area contributed by atoms with E-state index in [1.807, 2.05) is 11.6 Å². The standard InChI is InChI=1S/C22H23FN4O3S/c1-14(28)25-18(15-4-7-17(30-3)8-5-15)13-21(29)26-19-12-16(23)6-9-20(19)31-22-24-10-11-27(22)2/h4-12,18H,13H2,1-3H3,(H,25,28)(H,26,29). The first kappa shape index (κ1) is 22.4. The van der Waals surface area contributed by atoms with Crippen LogP contribution in [0.15, 0.2) is 64.9 Å². The number of nitrogens with zero attached hydrogens (tertiary/aromatic N) is 2. The number of hydrogen-bond donors (Lipinski definition) is 2. The van der Waals surface area contributed by atoms with Gasteiger partial charge in [-0.05, 0) is 47.7 Å². The maximum absolute atomic E-state index is 13.9. The van der Waals surface area contributed by atoms with E-state index in [1.165, 1.54) is 30.8 Å². The second-order valence-corrected chi connectivity index (χ2v) is 7.85. The number of imidazole rings is 1. The SMILES string of the molecule is COc1ccc(C(CC(=O)Nc2cc(F)ccc2Sc2nccn2C)NC(C)=O)cc1. The van der Waals surface area contributed by atoms with Gasteiger partial charge in [-0.2, -0.15) is 0 Å². The van der Waals surface area contributed by atoms with Gasteiger partial charge in [-0.25, -0.2) is 9.37 Å². The van der Waals surface area contributed by atoms with E-state index in [0.29, 0.717) is 21.5 Å². The lowest BCUT2D eigenvalue weighted by Gasteiger charge is -2.19. The molecule has 9 heteroatoms. The summed E-state index contributed by atoms with van der Waals surface area (Å²) in [4.78, 5) is 29.4. The largest absolute Gasteiger partial charge is 0.497 e. The molecule has 162 valence electrons. The van der Waals surface area contributed by atoms with E-state index in [2.05, 4.69) is 15.6 Å². The fraction of sp³-hybridized carbons (Fsp3) is 0.227. The van der Waals surface area contributed by atoms with Crippen molar-refractivity contribution in [1.29, 1.82) is 0 Å². The minimum Gasteiger partial charge on any atom is -0.497 e. The summed E-state index contributed by atoms with van der Waals surface area (Å²) in [5.74, 6) is -0.411. The molecule has 0 spiro atoms. The number of rotatable bonds is 8. The van der Waals surface area contributed by atoms with Gasteiger partial charge in [-0.15, -0.1) is 0 Å². The smallest absolute Gasteiger partial charge is 0.226 e. The maximum atomic E-state index is 13.9. The van der Waals surface area contributed by atoms with Gasteiger partial charge in [-0.3, -0.25) is 9.59 Å². The fourth-order valence-corrected chi connectivity index (χ4v) is 3.83. The third kappa shape index (κ3) is 6.08. The van der Waals surface area contributed by atoms with Crippen molar-refractivity contribution in [2.45, 2.75) is 29.4 Å². The number of methoxy groups -OCH3 is 1. The molecule has 2 aromatic carbocycles. The molecule has 0 aliphatic carbocycles. The maximum Gasteiger partial charge on any atom is 0.226 e. The molecule has 3 aromatic rings. The molecule has 31 heavy (non-hydrogen) atoms. The Morgan fingerprint density at radius 1 is 1.23 bits per heavy atom. The number of halogens is 1. The van der Waals surface area contributed by atoms with Crippen molar-refractivity contribution in [2.75, 3.05) is 12.4 Å². The summed E-state index contributed by atoms with van der Waals surface area (Å²) >= 11 is 1.32. The summed E-state index contributed by atoms with van der Waals surface area (Å²) in [5.41, 5.74) is 1.10. The Morgan fingerprint density at radius 2 is 1.97 bits per heavy atom. The second-order valence-electron chi connectivity index (χ2n) is 6.84. The van der Waals surface area contributed by atoms with Crippen LogP contribution in [-0.2, 0) is 16.6 Å². The van der Waals surface area contributed by atoms with Crippen LogP contribution in [0.1, 0.15) is 24.9 Å². The van der Waals surface area contributed by atoms with E-state index in [4.69, 9.17) is 4.74 Å². The summed E-state index contributed by atoms with van der Waals surface area (Å²) < 4.78 is 20.9. The van der Waals surface area contributed by atoms with Crippen LogP contribution in [0.3, 0.4) is 0 Å². The van der Waals surface area contributed by atoms with E-state index >= 15 is 0 Å². The Bertz CT molecular complexity index is 1070. The van der Waals surface area contributed by atoms with Crippen molar-refractivity contribution in [2.24, 2.45) is 7.05 Å². The van der Waals surface area contributed by atoms with Crippen LogP contribution >= 0.6 is 11.8 Å². The number of hydrogen-bond acceptors (Lipinski definition) is 5. The molecule has 1 heterocycles. The summed E-state index contributed by atoms with van der Waals surface area (Å²) in [5, 5.41) is 6.26. The number of carbonyl (C=O) groups is 2. The van der Waals surface area contributed by atoms with Crippen LogP contribution in [-0.4, -0.2) is 28.5 Å². The summed E-state index contributed by atoms with van der Waals surface area (Å²) in [7, 11) is 3.41. The molecule has 0 aliphatic heterocycles. The lowest BCUT2D eigenvalue weighted by Crippen LogP contribution is -2.29. The van der Waals surface area contributed by atoms with Gasteiger partial charge in [-0.1, -0.05) is 12.1 Å². The van der Waals surface area contributed by atoms with Gasteiger partial charge < -0.3 is 19.9 Å². The summed E-state index contributed by atoms with van der Waals surface area (Å²) in [6.07, 6.45) is 3.45. The van der Waals surface area contributed by atoms with Gasteiger partial charge in [0.25, 0.3) is 0 Å². The van der Waals surface area contributed by atoms with Gasteiger partial charge in [0, 0.05) is 31.3 Å². The average molecular weight is 443 g/mol. The van der Waals surface area contributed by atoms with Crippen molar-refractivity contribution in [3.8, 4) is 5.75 Å². The Labute approximate surface area is 184 Å². The molecule has 3 rings (SSSR count). The van der Waals surface area contributed by atoms with Crippen molar-refractivity contribution < 1.29 is 18.7 Å². The first-order valence-corrected chi connectivity index (χ1v) is 10.3. The lowest BCUT2D eigenvalue weighted by atomic mass is 10.0. The zero-order chi connectivity index (χ0) is 22.4. The molecule has 7 nitrogen and oxygen atoms in total. The van der Waals surface area contributed by atoms with Crippen molar-refractivity contribution >= 4 is 29.3 Å². The van der Waals surface area contributed by atoms with Crippen LogP contribution in [0.2, 0.25) is 0 Å². The highest BCUT2D eigenvalue weighted by Gasteiger charge is 2.19. The van der Waals surface area contributed by atoms with E-state index in [9.17, 15) is 14.0 Å². The normalized spacial score (nSPS) is 11.6. The van der Waals surface area contributed by atoms with E-state index in [-0.39, 0.29) is 18.2 Å². The molecule has 2 N–H and O–H groups in total. The van der Waals surface area contributed by atoms with E-state index in [1.54, 1.807) is 49.8 Å². The number of aryl methyl sites for hydroxylation is 1. The molecular formula is C22H23FN4O3S. The van der Waals surface area contributed by atoms with Gasteiger partial charge >= 0.3 is 0 Å². The highest BCUT2D eigenvalue weighted by Crippen LogP contribution is 2.33. The molecule has 0 bridgehead atoms.